The topological polar surface area (TPSA) is 86.0 Å². The average molecular weight is 372 g/mol. The van der Waals surface area contributed by atoms with E-state index < -0.39 is 30.1 Å². The summed E-state index contributed by atoms with van der Waals surface area (Å²) in [6.07, 6.45) is 0.644. The van der Waals surface area contributed by atoms with Gasteiger partial charge in [-0.25, -0.2) is 9.59 Å². The third kappa shape index (κ3) is 3.49. The van der Waals surface area contributed by atoms with Crippen LogP contribution in [0.3, 0.4) is 0 Å². The summed E-state index contributed by atoms with van der Waals surface area (Å²) in [5.74, 6) is -0.742. The third-order valence-corrected chi connectivity index (χ3v) is 5.22. The lowest BCUT2D eigenvalue weighted by molar-refractivity contribution is -0.141. The summed E-state index contributed by atoms with van der Waals surface area (Å²) in [6.45, 7) is 11.6. The fraction of sp³-hybridized carbons (Fsp3) is 0.429. The van der Waals surface area contributed by atoms with Crippen molar-refractivity contribution >= 4 is 11.9 Å². The van der Waals surface area contributed by atoms with Crippen molar-refractivity contribution in [2.75, 3.05) is 7.11 Å². The van der Waals surface area contributed by atoms with Crippen molar-refractivity contribution in [2.24, 2.45) is 5.92 Å². The molecule has 0 aliphatic carbocycles. The van der Waals surface area contributed by atoms with Gasteiger partial charge in [-0.15, -0.1) is 0 Å². The maximum atomic E-state index is 12.3. The van der Waals surface area contributed by atoms with E-state index in [-0.39, 0.29) is 17.9 Å². The van der Waals surface area contributed by atoms with E-state index in [4.69, 9.17) is 13.9 Å². The Kier molecular flexibility index (Phi) is 5.11. The molecule has 0 fully saturated rings. The van der Waals surface area contributed by atoms with Crippen LogP contribution in [0.2, 0.25) is 0 Å². The number of carbonyl (C=O) groups excluding carboxylic acids is 2. The van der Waals surface area contributed by atoms with Crippen LogP contribution < -0.4 is 0 Å². The highest BCUT2D eigenvalue weighted by Gasteiger charge is 2.40. The van der Waals surface area contributed by atoms with E-state index in [0.29, 0.717) is 29.1 Å². The molecular weight excluding hydrogens is 348 g/mol. The lowest BCUT2D eigenvalue weighted by Gasteiger charge is -2.21. The second kappa shape index (κ2) is 7.19. The van der Waals surface area contributed by atoms with Gasteiger partial charge in [0.15, 0.2) is 0 Å². The van der Waals surface area contributed by atoms with Crippen molar-refractivity contribution in [3.05, 3.63) is 59.1 Å². The molecule has 0 radical (unpaired) electrons. The van der Waals surface area contributed by atoms with Crippen molar-refractivity contribution in [1.29, 1.82) is 0 Å². The Labute approximate surface area is 158 Å². The van der Waals surface area contributed by atoms with E-state index in [1.807, 2.05) is 6.92 Å². The maximum absolute atomic E-state index is 12.3. The normalized spacial score (nSPS) is 27.3. The zero-order chi connectivity index (χ0) is 19.9. The number of carbonyl (C=O) groups is 2. The fourth-order valence-electron chi connectivity index (χ4n) is 3.68. The smallest absolute Gasteiger partial charge is 0.341 e. The highest BCUT2D eigenvalue weighted by molar-refractivity contribution is 5.92. The molecule has 1 aromatic rings. The molecule has 0 amide bonds. The Hall–Kier alpha value is -2.60. The van der Waals surface area contributed by atoms with Gasteiger partial charge in [-0.05, 0) is 38.3 Å². The first-order valence-corrected chi connectivity index (χ1v) is 8.85. The van der Waals surface area contributed by atoms with Crippen LogP contribution in [0, 0.1) is 5.92 Å². The van der Waals surface area contributed by atoms with Crippen molar-refractivity contribution in [2.45, 2.75) is 44.8 Å². The first-order chi connectivity index (χ1) is 12.7. The van der Waals surface area contributed by atoms with Gasteiger partial charge in [0.05, 0.1) is 24.7 Å². The van der Waals surface area contributed by atoms with Gasteiger partial charge in [0, 0.05) is 6.42 Å². The number of allylic oxidation sites excluding steroid dienone is 1. The standard InChI is InChI=1S/C21H24O6/c1-10(2)12-6-15(22)13-8-18(27-21(13)24)19(11(3)4)17-9-14(20(23)25-5)16(7-12)26-17/h8-9,12,15,18-19,22H,1,3,6-7H2,2,4-5H3/t12?,15-,18+,19+/m1/s1. The SMILES string of the molecule is C=C(C)C1Cc2oc(cc2C(=O)OC)[C@H](C(=C)C)[C@@H]2C=C(C(=O)O2)[C@H](O)C1. The van der Waals surface area contributed by atoms with Crippen LogP contribution in [-0.4, -0.2) is 36.4 Å². The van der Waals surface area contributed by atoms with Crippen LogP contribution in [0.25, 0.3) is 0 Å². The molecule has 3 heterocycles. The Morgan fingerprint density at radius 3 is 2.59 bits per heavy atom. The molecule has 1 unspecified atom stereocenters. The Morgan fingerprint density at radius 2 is 2.00 bits per heavy atom. The summed E-state index contributed by atoms with van der Waals surface area (Å²) in [5, 5.41) is 10.6. The number of ether oxygens (including phenoxy) is 2. The van der Waals surface area contributed by atoms with Gasteiger partial charge >= 0.3 is 11.9 Å². The molecule has 144 valence electrons. The minimum Gasteiger partial charge on any atom is -0.465 e. The quantitative estimate of drug-likeness (QED) is 0.648. The number of hydrogen-bond donors (Lipinski definition) is 1. The van der Waals surface area contributed by atoms with Crippen LogP contribution >= 0.6 is 0 Å². The second-order valence-corrected chi connectivity index (χ2v) is 7.29. The van der Waals surface area contributed by atoms with E-state index in [1.165, 1.54) is 7.11 Å². The van der Waals surface area contributed by atoms with Gasteiger partial charge in [0.1, 0.15) is 23.2 Å². The van der Waals surface area contributed by atoms with Gasteiger partial charge < -0.3 is 19.0 Å². The minimum atomic E-state index is -0.984. The van der Waals surface area contributed by atoms with E-state index in [9.17, 15) is 14.7 Å². The molecule has 4 bridgehead atoms. The lowest BCUT2D eigenvalue weighted by atomic mass is 9.86. The molecule has 0 spiro atoms. The Bertz CT molecular complexity index is 843. The number of methoxy groups -OCH3 is 1. The molecule has 1 N–H and O–H groups in total. The number of rotatable bonds is 3. The lowest BCUT2D eigenvalue weighted by Crippen LogP contribution is -2.22. The monoisotopic (exact) mass is 372 g/mol. The van der Waals surface area contributed by atoms with Crippen molar-refractivity contribution in [3.63, 3.8) is 0 Å². The van der Waals surface area contributed by atoms with Gasteiger partial charge in [-0.3, -0.25) is 0 Å². The Morgan fingerprint density at radius 1 is 1.30 bits per heavy atom. The van der Waals surface area contributed by atoms with Gasteiger partial charge in [0.2, 0.25) is 0 Å². The van der Waals surface area contributed by atoms with Crippen molar-refractivity contribution in [3.8, 4) is 0 Å². The van der Waals surface area contributed by atoms with Gasteiger partial charge in [0.25, 0.3) is 0 Å². The molecule has 6 nitrogen and oxygen atoms in total. The zero-order valence-electron chi connectivity index (χ0n) is 15.8. The van der Waals surface area contributed by atoms with Crippen LogP contribution in [-0.2, 0) is 20.7 Å². The summed E-state index contributed by atoms with van der Waals surface area (Å²) >= 11 is 0. The molecule has 4 atom stereocenters. The predicted octanol–water partition coefficient (Wildman–Crippen LogP) is 3.08. The van der Waals surface area contributed by atoms with E-state index >= 15 is 0 Å². The maximum Gasteiger partial charge on any atom is 0.341 e. The Balaban J connectivity index is 2.17. The summed E-state index contributed by atoms with van der Waals surface area (Å²) in [4.78, 5) is 24.6. The van der Waals surface area contributed by atoms with Crippen molar-refractivity contribution in [1.82, 2.24) is 0 Å². The van der Waals surface area contributed by atoms with E-state index in [1.54, 1.807) is 19.1 Å². The number of aliphatic hydroxyl groups is 1. The van der Waals surface area contributed by atoms with Crippen LogP contribution in [0.5, 0.6) is 0 Å². The van der Waals surface area contributed by atoms with Crippen LogP contribution in [0.15, 0.2) is 46.4 Å². The van der Waals surface area contributed by atoms with Crippen LogP contribution in [0.1, 0.15) is 48.1 Å². The summed E-state index contributed by atoms with van der Waals surface area (Å²) in [7, 11) is 1.31. The molecule has 1 aromatic heterocycles. The summed E-state index contributed by atoms with van der Waals surface area (Å²) < 4.78 is 16.4. The molecule has 2 aliphatic rings. The molecular formula is C21H24O6. The van der Waals surface area contributed by atoms with Gasteiger partial charge in [-0.1, -0.05) is 24.3 Å². The molecule has 0 aromatic carbocycles. The highest BCUT2D eigenvalue weighted by Crippen LogP contribution is 2.39. The molecule has 0 saturated carbocycles. The first-order valence-electron chi connectivity index (χ1n) is 8.85. The minimum absolute atomic E-state index is 0.184. The van der Waals surface area contributed by atoms with Crippen molar-refractivity contribution < 1.29 is 28.6 Å². The number of esters is 2. The molecule has 0 saturated heterocycles. The third-order valence-electron chi connectivity index (χ3n) is 5.22. The number of fused-ring (bicyclic) bond motifs is 3. The number of hydrogen-bond acceptors (Lipinski definition) is 6. The van der Waals surface area contributed by atoms with Crippen LogP contribution in [0.4, 0.5) is 0 Å². The summed E-state index contributed by atoms with van der Waals surface area (Å²) in [6, 6.07) is 1.63. The van der Waals surface area contributed by atoms with E-state index in [0.717, 1.165) is 5.57 Å². The second-order valence-electron chi connectivity index (χ2n) is 7.29. The molecule has 6 heteroatoms. The molecule has 27 heavy (non-hydrogen) atoms. The van der Waals surface area contributed by atoms with Gasteiger partial charge in [-0.2, -0.15) is 0 Å². The number of aliphatic hydroxyl groups excluding tert-OH is 1. The fourth-order valence-corrected chi connectivity index (χ4v) is 3.68. The molecule has 2 aliphatic heterocycles. The first kappa shape index (κ1) is 19.2. The largest absolute Gasteiger partial charge is 0.465 e. The summed E-state index contributed by atoms with van der Waals surface area (Å²) in [5.41, 5.74) is 2.11. The number of furan rings is 1. The van der Waals surface area contributed by atoms with E-state index in [2.05, 4.69) is 13.2 Å². The predicted molar refractivity (Wildman–Crippen MR) is 98.2 cm³/mol. The zero-order valence-corrected chi connectivity index (χ0v) is 15.8. The highest BCUT2D eigenvalue weighted by atomic mass is 16.6. The average Bonchev–Trinajstić information content (AvgIpc) is 3.16. The molecule has 3 rings (SSSR count).